The molecule has 0 amide bonds. The predicted molar refractivity (Wildman–Crippen MR) is 98.9 cm³/mol. The van der Waals surface area contributed by atoms with Crippen LogP contribution in [0, 0.1) is 29.6 Å². The molecule has 1 saturated carbocycles. The minimum Gasteiger partial charge on any atom is -0.478 e. The molecule has 0 bridgehead atoms. The van der Waals surface area contributed by atoms with Gasteiger partial charge in [-0.15, -0.1) is 0 Å². The monoisotopic (exact) mass is 346 g/mol. The van der Waals surface area contributed by atoms with Crippen molar-refractivity contribution in [2.24, 2.45) is 29.6 Å². The first-order chi connectivity index (χ1) is 11.8. The topological polar surface area (TPSA) is 77.8 Å². The van der Waals surface area contributed by atoms with Crippen molar-refractivity contribution in [1.29, 1.82) is 0 Å². The van der Waals surface area contributed by atoms with E-state index in [1.165, 1.54) is 17.2 Å². The lowest BCUT2D eigenvalue weighted by atomic mass is 9.56. The zero-order chi connectivity index (χ0) is 18.7. The summed E-state index contributed by atoms with van der Waals surface area (Å²) in [5, 5.41) is 29.7. The van der Waals surface area contributed by atoms with E-state index in [9.17, 15) is 15.0 Å². The molecule has 0 spiro atoms. The molecule has 2 rings (SSSR count). The number of aliphatic hydroxyl groups excluding tert-OH is 2. The molecule has 4 heteroatoms. The Balaban J connectivity index is 2.46. The van der Waals surface area contributed by atoms with Crippen molar-refractivity contribution < 1.29 is 20.1 Å². The van der Waals surface area contributed by atoms with Crippen molar-refractivity contribution in [3.05, 3.63) is 47.6 Å². The number of carboxylic acids is 1. The Kier molecular flexibility index (Phi) is 6.42. The van der Waals surface area contributed by atoms with Crippen molar-refractivity contribution in [3.8, 4) is 0 Å². The van der Waals surface area contributed by atoms with Crippen LogP contribution >= 0.6 is 0 Å². The lowest BCUT2D eigenvalue weighted by Crippen LogP contribution is -2.50. The van der Waals surface area contributed by atoms with Gasteiger partial charge in [0.1, 0.15) is 0 Å². The Morgan fingerprint density at radius 3 is 2.52 bits per heavy atom. The molecule has 4 nitrogen and oxygen atoms in total. The molecule has 0 aromatic rings. The highest BCUT2D eigenvalue weighted by Gasteiger charge is 2.48. The first kappa shape index (κ1) is 19.7. The first-order valence-corrected chi connectivity index (χ1v) is 9.03. The molecule has 3 N–H and O–H groups in total. The molecule has 2 aliphatic carbocycles. The highest BCUT2D eigenvalue weighted by atomic mass is 16.4. The summed E-state index contributed by atoms with van der Waals surface area (Å²) in [6.07, 6.45) is 10.1. The lowest BCUT2D eigenvalue weighted by molar-refractivity contribution is -0.131. The van der Waals surface area contributed by atoms with E-state index in [1.54, 1.807) is 6.08 Å². The summed E-state index contributed by atoms with van der Waals surface area (Å²) in [5.41, 5.74) is 2.49. The Bertz CT molecular complexity index is 613. The van der Waals surface area contributed by atoms with Crippen LogP contribution < -0.4 is 0 Å². The molecule has 138 valence electrons. The third kappa shape index (κ3) is 4.13. The van der Waals surface area contributed by atoms with Crippen LogP contribution in [0.4, 0.5) is 0 Å². The van der Waals surface area contributed by atoms with Crippen molar-refractivity contribution in [2.75, 3.05) is 0 Å². The number of allylic oxidation sites excluding steroid dienone is 6. The van der Waals surface area contributed by atoms with E-state index in [2.05, 4.69) is 32.9 Å². The number of carboxylic acid groups (broad SMARTS) is 1. The van der Waals surface area contributed by atoms with Gasteiger partial charge in [-0.3, -0.25) is 0 Å². The molecule has 7 unspecified atom stereocenters. The molecule has 0 aliphatic heterocycles. The number of aliphatic hydroxyl groups is 2. The largest absolute Gasteiger partial charge is 0.478 e. The van der Waals surface area contributed by atoms with E-state index in [0.717, 1.165) is 6.08 Å². The number of fused-ring (bicyclic) bond motifs is 1. The third-order valence-electron chi connectivity index (χ3n) is 5.99. The highest BCUT2D eigenvalue weighted by Crippen LogP contribution is 2.50. The second-order valence-electron chi connectivity index (χ2n) is 7.46. The molecule has 0 aromatic carbocycles. The molecule has 0 aromatic heterocycles. The third-order valence-corrected chi connectivity index (χ3v) is 5.99. The second kappa shape index (κ2) is 8.15. The molecular weight excluding hydrogens is 316 g/mol. The van der Waals surface area contributed by atoms with Crippen LogP contribution in [0.3, 0.4) is 0 Å². The van der Waals surface area contributed by atoms with Crippen molar-refractivity contribution >= 4 is 5.97 Å². The fraction of sp³-hybridized carbons (Fsp3) is 0.571. The molecular formula is C21H30O4. The van der Waals surface area contributed by atoms with Gasteiger partial charge in [0.05, 0.1) is 12.2 Å². The van der Waals surface area contributed by atoms with Gasteiger partial charge in [0.15, 0.2) is 0 Å². The minimum atomic E-state index is -0.972. The van der Waals surface area contributed by atoms with Crippen LogP contribution in [0.2, 0.25) is 0 Å². The van der Waals surface area contributed by atoms with Gasteiger partial charge in [0.25, 0.3) is 0 Å². The minimum absolute atomic E-state index is 0.0254. The van der Waals surface area contributed by atoms with E-state index in [0.29, 0.717) is 6.42 Å². The van der Waals surface area contributed by atoms with Gasteiger partial charge in [0.2, 0.25) is 0 Å². The van der Waals surface area contributed by atoms with Gasteiger partial charge in [-0.1, -0.05) is 48.5 Å². The van der Waals surface area contributed by atoms with Gasteiger partial charge in [-0.05, 0) is 38.5 Å². The molecule has 0 radical (unpaired) electrons. The van der Waals surface area contributed by atoms with Crippen LogP contribution in [0.25, 0.3) is 0 Å². The Morgan fingerprint density at radius 2 is 1.92 bits per heavy atom. The molecule has 0 heterocycles. The van der Waals surface area contributed by atoms with E-state index in [4.69, 9.17) is 5.11 Å². The molecule has 1 fully saturated rings. The van der Waals surface area contributed by atoms with E-state index < -0.39 is 18.2 Å². The molecule has 0 saturated heterocycles. The lowest BCUT2D eigenvalue weighted by Gasteiger charge is -2.50. The van der Waals surface area contributed by atoms with Gasteiger partial charge in [-0.25, -0.2) is 4.79 Å². The second-order valence-corrected chi connectivity index (χ2v) is 7.46. The predicted octanol–water partition coefficient (Wildman–Crippen LogP) is 3.34. The zero-order valence-electron chi connectivity index (χ0n) is 15.5. The normalized spacial score (nSPS) is 39.5. The Morgan fingerprint density at radius 1 is 1.24 bits per heavy atom. The van der Waals surface area contributed by atoms with Crippen molar-refractivity contribution in [1.82, 2.24) is 0 Å². The summed E-state index contributed by atoms with van der Waals surface area (Å²) in [7, 11) is 0. The smallest absolute Gasteiger partial charge is 0.328 e. The maximum Gasteiger partial charge on any atom is 0.328 e. The van der Waals surface area contributed by atoms with E-state index >= 15 is 0 Å². The fourth-order valence-corrected chi connectivity index (χ4v) is 4.66. The summed E-state index contributed by atoms with van der Waals surface area (Å²) in [6, 6.07) is 0. The SMILES string of the molecule is CC=C(C)C1C(C)=CC2C(O)CC(O)C(C)C2C1C=CC=CC(=O)O. The van der Waals surface area contributed by atoms with Crippen molar-refractivity contribution in [2.45, 2.75) is 46.3 Å². The van der Waals surface area contributed by atoms with Crippen LogP contribution in [-0.4, -0.2) is 33.5 Å². The summed E-state index contributed by atoms with van der Waals surface area (Å²) >= 11 is 0. The van der Waals surface area contributed by atoms with Gasteiger partial charge in [0, 0.05) is 24.3 Å². The molecule has 25 heavy (non-hydrogen) atoms. The number of rotatable bonds is 4. The van der Waals surface area contributed by atoms with Crippen LogP contribution in [0.5, 0.6) is 0 Å². The van der Waals surface area contributed by atoms with Gasteiger partial charge in [-0.2, -0.15) is 0 Å². The number of hydrogen-bond acceptors (Lipinski definition) is 3. The summed E-state index contributed by atoms with van der Waals surface area (Å²) in [4.78, 5) is 10.7. The average Bonchev–Trinajstić information content (AvgIpc) is 2.55. The fourth-order valence-electron chi connectivity index (χ4n) is 4.66. The quantitative estimate of drug-likeness (QED) is 0.414. The Hall–Kier alpha value is -1.65. The van der Waals surface area contributed by atoms with Gasteiger partial charge < -0.3 is 15.3 Å². The van der Waals surface area contributed by atoms with E-state index in [1.807, 2.05) is 13.0 Å². The molecule has 2 aliphatic rings. The highest BCUT2D eigenvalue weighted by molar-refractivity contribution is 5.80. The standard InChI is InChI=1S/C21H30O4/c1-5-12(2)20-13(3)10-16-18(23)11-17(22)14(4)21(16)15(20)8-6-7-9-19(24)25/h5-10,14-18,20-23H,11H2,1-4H3,(H,24,25). The first-order valence-electron chi connectivity index (χ1n) is 9.03. The maximum atomic E-state index is 10.7. The number of carbonyl (C=O) groups is 1. The summed E-state index contributed by atoms with van der Waals surface area (Å²) in [6.45, 7) is 8.29. The number of hydrogen-bond donors (Lipinski definition) is 3. The van der Waals surface area contributed by atoms with Crippen LogP contribution in [0.15, 0.2) is 47.6 Å². The maximum absolute atomic E-state index is 10.7. The summed E-state index contributed by atoms with van der Waals surface area (Å²) < 4.78 is 0. The van der Waals surface area contributed by atoms with Gasteiger partial charge >= 0.3 is 5.97 Å². The van der Waals surface area contributed by atoms with Crippen molar-refractivity contribution in [3.63, 3.8) is 0 Å². The summed E-state index contributed by atoms with van der Waals surface area (Å²) in [5.74, 6) is -0.428. The van der Waals surface area contributed by atoms with Crippen LogP contribution in [-0.2, 0) is 4.79 Å². The van der Waals surface area contributed by atoms with Crippen LogP contribution in [0.1, 0.15) is 34.1 Å². The average molecular weight is 346 g/mol. The molecule has 7 atom stereocenters. The van der Waals surface area contributed by atoms with E-state index in [-0.39, 0.29) is 29.6 Å². The Labute approximate surface area is 150 Å². The zero-order valence-corrected chi connectivity index (χ0v) is 15.5. The number of aliphatic carboxylic acids is 1.